The molecule has 0 spiro atoms. The second-order valence-electron chi connectivity index (χ2n) is 6.24. The van der Waals surface area contributed by atoms with Gasteiger partial charge in [-0.15, -0.1) is 5.10 Å². The summed E-state index contributed by atoms with van der Waals surface area (Å²) in [7, 11) is 0. The van der Waals surface area contributed by atoms with E-state index in [9.17, 15) is 0 Å². The molecule has 1 unspecified atom stereocenters. The molecule has 0 bridgehead atoms. The van der Waals surface area contributed by atoms with Gasteiger partial charge in [-0.3, -0.25) is 0 Å². The van der Waals surface area contributed by atoms with Gasteiger partial charge in [-0.1, -0.05) is 50.1 Å². The van der Waals surface area contributed by atoms with Crippen LogP contribution in [0.4, 0.5) is 0 Å². The van der Waals surface area contributed by atoms with Gasteiger partial charge in [-0.05, 0) is 30.2 Å². The van der Waals surface area contributed by atoms with E-state index in [0.29, 0.717) is 17.7 Å². The maximum Gasteiger partial charge on any atom is 0.123 e. The molecule has 3 heteroatoms. The van der Waals surface area contributed by atoms with Gasteiger partial charge in [0, 0.05) is 12.3 Å². The Morgan fingerprint density at radius 2 is 1.70 bits per heavy atom. The minimum absolute atomic E-state index is 0.326. The number of rotatable bonds is 2. The minimum atomic E-state index is 0.326. The van der Waals surface area contributed by atoms with Gasteiger partial charge in [0.2, 0.25) is 0 Å². The van der Waals surface area contributed by atoms with Crippen LogP contribution in [-0.2, 0) is 0 Å². The van der Waals surface area contributed by atoms with Crippen molar-refractivity contribution in [2.45, 2.75) is 44.9 Å². The lowest BCUT2D eigenvalue weighted by Gasteiger charge is -2.32. The van der Waals surface area contributed by atoms with Crippen LogP contribution in [0.1, 0.15) is 50.5 Å². The van der Waals surface area contributed by atoms with Gasteiger partial charge in [-0.25, -0.2) is 0 Å². The van der Waals surface area contributed by atoms with Gasteiger partial charge < -0.3 is 5.73 Å². The fraction of sp³-hybridized carbons (Fsp3) is 0.529. The van der Waals surface area contributed by atoms with Crippen molar-refractivity contribution in [2.24, 2.45) is 27.8 Å². The van der Waals surface area contributed by atoms with Crippen LogP contribution >= 0.6 is 0 Å². The molecule has 1 aliphatic heterocycles. The van der Waals surface area contributed by atoms with Crippen molar-refractivity contribution >= 4 is 11.5 Å². The van der Waals surface area contributed by atoms with Crippen molar-refractivity contribution in [3.05, 3.63) is 35.9 Å². The molecule has 0 aromatic heterocycles. The molecule has 106 valence electrons. The minimum Gasteiger partial charge on any atom is -0.386 e. The molecule has 1 aromatic carbocycles. The van der Waals surface area contributed by atoms with E-state index in [2.05, 4.69) is 47.5 Å². The lowest BCUT2D eigenvalue weighted by molar-refractivity contribution is 0.339. The molecule has 1 saturated carbocycles. The highest BCUT2D eigenvalue weighted by Crippen LogP contribution is 2.36. The first-order valence-corrected chi connectivity index (χ1v) is 7.68. The Morgan fingerprint density at radius 3 is 2.40 bits per heavy atom. The molecular formula is C17H23N3. The molecule has 1 fully saturated rings. The number of amidine groups is 1. The van der Waals surface area contributed by atoms with Gasteiger partial charge in [0.25, 0.3) is 0 Å². The number of nitrogens with zero attached hydrogens (tertiary/aromatic N) is 2. The molecule has 3 nitrogen and oxygen atoms in total. The molecule has 1 aliphatic carbocycles. The molecule has 3 rings (SSSR count). The third-order valence-electron chi connectivity index (χ3n) is 4.70. The molecule has 0 amide bonds. The zero-order valence-electron chi connectivity index (χ0n) is 12.1. The van der Waals surface area contributed by atoms with E-state index in [0.717, 1.165) is 12.3 Å². The monoisotopic (exact) mass is 269 g/mol. The van der Waals surface area contributed by atoms with E-state index in [-0.39, 0.29) is 0 Å². The zero-order valence-corrected chi connectivity index (χ0v) is 12.1. The van der Waals surface area contributed by atoms with Crippen molar-refractivity contribution in [3.63, 3.8) is 0 Å². The Labute approximate surface area is 121 Å². The lowest BCUT2D eigenvalue weighted by Crippen LogP contribution is -2.31. The van der Waals surface area contributed by atoms with Crippen LogP contribution in [0.15, 0.2) is 40.5 Å². The third kappa shape index (κ3) is 2.77. The third-order valence-corrected chi connectivity index (χ3v) is 4.70. The van der Waals surface area contributed by atoms with Crippen LogP contribution in [0.3, 0.4) is 0 Å². The lowest BCUT2D eigenvalue weighted by atomic mass is 9.75. The summed E-state index contributed by atoms with van der Waals surface area (Å²) in [6.45, 7) is 2.35. The highest BCUT2D eigenvalue weighted by molar-refractivity contribution is 5.99. The van der Waals surface area contributed by atoms with Crippen molar-refractivity contribution in [1.82, 2.24) is 0 Å². The maximum atomic E-state index is 5.92. The van der Waals surface area contributed by atoms with Crippen LogP contribution in [0.2, 0.25) is 0 Å². The maximum absolute atomic E-state index is 5.92. The zero-order chi connectivity index (χ0) is 13.9. The number of benzene rings is 1. The summed E-state index contributed by atoms with van der Waals surface area (Å²) in [5.41, 5.74) is 8.50. The first-order chi connectivity index (χ1) is 9.74. The van der Waals surface area contributed by atoms with Crippen LogP contribution in [0, 0.1) is 11.8 Å². The topological polar surface area (TPSA) is 50.7 Å². The van der Waals surface area contributed by atoms with Crippen LogP contribution in [0.25, 0.3) is 0 Å². The number of nitrogens with two attached hydrogens (primary N) is 1. The van der Waals surface area contributed by atoms with Gasteiger partial charge in [-0.2, -0.15) is 5.10 Å². The predicted molar refractivity (Wildman–Crippen MR) is 84.0 cm³/mol. The molecule has 0 radical (unpaired) electrons. The Bertz CT molecular complexity index is 510. The average molecular weight is 269 g/mol. The summed E-state index contributed by atoms with van der Waals surface area (Å²) in [5.74, 6) is 2.44. The molecule has 1 aromatic rings. The van der Waals surface area contributed by atoms with E-state index < -0.39 is 0 Å². The van der Waals surface area contributed by atoms with E-state index >= 15 is 0 Å². The van der Waals surface area contributed by atoms with E-state index in [4.69, 9.17) is 5.73 Å². The van der Waals surface area contributed by atoms with Gasteiger partial charge in [0.1, 0.15) is 5.84 Å². The SMILES string of the molecule is CC1CCC(C2=NN=C(N)CC2c2ccccc2)CC1. The summed E-state index contributed by atoms with van der Waals surface area (Å²) in [6, 6.07) is 10.6. The molecule has 0 saturated heterocycles. The average Bonchev–Trinajstić information content (AvgIpc) is 2.49. The van der Waals surface area contributed by atoms with Crippen LogP contribution < -0.4 is 5.73 Å². The quantitative estimate of drug-likeness (QED) is 0.874. The van der Waals surface area contributed by atoms with Gasteiger partial charge >= 0.3 is 0 Å². The first-order valence-electron chi connectivity index (χ1n) is 7.68. The van der Waals surface area contributed by atoms with Crippen molar-refractivity contribution in [3.8, 4) is 0 Å². The smallest absolute Gasteiger partial charge is 0.123 e. The van der Waals surface area contributed by atoms with Crippen LogP contribution in [0.5, 0.6) is 0 Å². The Hall–Kier alpha value is -1.64. The molecule has 2 N–H and O–H groups in total. The Morgan fingerprint density at radius 1 is 1.00 bits per heavy atom. The summed E-state index contributed by atoms with van der Waals surface area (Å²) in [6.07, 6.45) is 5.93. The fourth-order valence-electron chi connectivity index (χ4n) is 3.44. The summed E-state index contributed by atoms with van der Waals surface area (Å²) < 4.78 is 0. The highest BCUT2D eigenvalue weighted by Gasteiger charge is 2.31. The Balaban J connectivity index is 1.85. The first kappa shape index (κ1) is 13.3. The van der Waals surface area contributed by atoms with Gasteiger partial charge in [0.05, 0.1) is 5.71 Å². The van der Waals surface area contributed by atoms with Crippen LogP contribution in [-0.4, -0.2) is 11.5 Å². The second-order valence-corrected chi connectivity index (χ2v) is 6.24. The molecule has 20 heavy (non-hydrogen) atoms. The molecule has 1 atom stereocenters. The van der Waals surface area contributed by atoms with E-state index in [1.807, 2.05) is 0 Å². The molecule has 1 heterocycles. The van der Waals surface area contributed by atoms with Gasteiger partial charge in [0.15, 0.2) is 0 Å². The highest BCUT2D eigenvalue weighted by atomic mass is 15.2. The predicted octanol–water partition coefficient (Wildman–Crippen LogP) is 3.71. The summed E-state index contributed by atoms with van der Waals surface area (Å²) in [4.78, 5) is 0. The normalized spacial score (nSPS) is 30.6. The van der Waals surface area contributed by atoms with E-state index in [1.165, 1.54) is 37.0 Å². The summed E-state index contributed by atoms with van der Waals surface area (Å²) in [5, 5.41) is 8.66. The second kappa shape index (κ2) is 5.78. The molecule has 2 aliphatic rings. The summed E-state index contributed by atoms with van der Waals surface area (Å²) >= 11 is 0. The largest absolute Gasteiger partial charge is 0.386 e. The van der Waals surface area contributed by atoms with E-state index in [1.54, 1.807) is 0 Å². The number of hydrogen-bond donors (Lipinski definition) is 1. The van der Waals surface area contributed by atoms with Crippen molar-refractivity contribution in [2.75, 3.05) is 0 Å². The van der Waals surface area contributed by atoms with Crippen molar-refractivity contribution < 1.29 is 0 Å². The number of hydrogen-bond acceptors (Lipinski definition) is 3. The standard InChI is InChI=1S/C17H23N3/c1-12-7-9-14(10-8-12)17-15(11-16(18)19-20-17)13-5-3-2-4-6-13/h2-6,12,14-15H,7-11H2,1H3,(H2,18,19). The molecular weight excluding hydrogens is 246 g/mol. The Kier molecular flexibility index (Phi) is 3.86. The van der Waals surface area contributed by atoms with Crippen molar-refractivity contribution in [1.29, 1.82) is 0 Å². The fourth-order valence-corrected chi connectivity index (χ4v) is 3.44.